The second kappa shape index (κ2) is 2.26. The molecular weight excluding hydrogens is 114 g/mol. The normalized spacial score (nSPS) is 8.89. The summed E-state index contributed by atoms with van der Waals surface area (Å²) < 4.78 is 0. The van der Waals surface area contributed by atoms with E-state index in [0.29, 0.717) is 0 Å². The highest BCUT2D eigenvalue weighted by atomic mass is 15.1. The highest BCUT2D eigenvalue weighted by molar-refractivity contribution is 5.60. The van der Waals surface area contributed by atoms with E-state index in [1.807, 2.05) is 0 Å². The lowest BCUT2D eigenvalue weighted by atomic mass is 10.4. The zero-order chi connectivity index (χ0) is 6.69. The summed E-state index contributed by atoms with van der Waals surface area (Å²) in [6.07, 6.45) is 3.25. The van der Waals surface area contributed by atoms with Gasteiger partial charge >= 0.3 is 0 Å². The lowest BCUT2D eigenvalue weighted by Crippen LogP contribution is -1.68. The summed E-state index contributed by atoms with van der Waals surface area (Å²) in [5.74, 6) is 0. The monoisotopic (exact) mass is 123 g/mol. The van der Waals surface area contributed by atoms with Gasteiger partial charge in [-0.05, 0) is 12.8 Å². The Kier molecular flexibility index (Phi) is 1.44. The first kappa shape index (κ1) is 5.75. The zero-order valence-corrected chi connectivity index (χ0v) is 4.96. The third-order valence-electron chi connectivity index (χ3n) is 1.02. The number of rotatable bonds is 2. The Morgan fingerprint density at radius 2 is 2.67 bits per heavy atom. The molecule has 1 aromatic rings. The number of hydrogen-bond donors (Lipinski definition) is 1. The van der Waals surface area contributed by atoms with Gasteiger partial charge in [0.1, 0.15) is 5.69 Å². The minimum absolute atomic E-state index is 0. The average Bonchev–Trinajstić information content (AvgIpc) is 2.33. The van der Waals surface area contributed by atoms with Crippen LogP contribution in [0.15, 0.2) is 17.8 Å². The Hall–Kier alpha value is -1.38. The Morgan fingerprint density at radius 1 is 1.89 bits per heavy atom. The smallest absolute Gasteiger partial charge is 0.107 e. The molecule has 1 N–H and O–H groups in total. The molecular formula is C6H9N3. The highest BCUT2D eigenvalue weighted by Crippen LogP contribution is 2.14. The van der Waals surface area contributed by atoms with Crippen molar-refractivity contribution in [2.45, 2.75) is 0 Å². The molecule has 0 amide bonds. The summed E-state index contributed by atoms with van der Waals surface area (Å²) in [6.45, 7) is 6.91. The summed E-state index contributed by atoms with van der Waals surface area (Å²) in [6, 6.07) is 0. The minimum atomic E-state index is 0. The second-order valence-electron chi connectivity index (χ2n) is 1.53. The van der Waals surface area contributed by atoms with Gasteiger partial charge in [0.2, 0.25) is 0 Å². The maximum atomic E-state index is 3.73. The van der Waals surface area contributed by atoms with Crippen LogP contribution < -0.4 is 0 Å². The molecule has 0 radical (unpaired) electrons. The fraction of sp³-hybridized carbons (Fsp3) is 0. The van der Waals surface area contributed by atoms with Crippen molar-refractivity contribution in [2.75, 3.05) is 0 Å². The summed E-state index contributed by atoms with van der Waals surface area (Å²) in [7, 11) is 0. The van der Waals surface area contributed by atoms with Crippen LogP contribution in [-0.4, -0.2) is 16.9 Å². The van der Waals surface area contributed by atoms with Crippen LogP contribution >= 0.6 is 0 Å². The van der Waals surface area contributed by atoms with Crippen LogP contribution in [0, 0.1) is 0 Å². The molecule has 0 unspecified atom stereocenters. The van der Waals surface area contributed by atoms with E-state index in [2.05, 4.69) is 28.5 Å². The van der Waals surface area contributed by atoms with Gasteiger partial charge in [-0.3, -0.25) is 10.1 Å². The number of aliphatic imine (C=N–C) groups is 1. The van der Waals surface area contributed by atoms with E-state index >= 15 is 0 Å². The standard InChI is InChI=1S/C6H7N3.H2/c1-3-5-6(7-2)4-8-9-5;/h3-4H,1-2H2,(H,8,9);1H. The van der Waals surface area contributed by atoms with Crippen LogP contribution in [0.1, 0.15) is 7.12 Å². The molecule has 0 aromatic carbocycles. The van der Waals surface area contributed by atoms with Gasteiger partial charge < -0.3 is 0 Å². The van der Waals surface area contributed by atoms with Crippen molar-refractivity contribution in [2.24, 2.45) is 4.99 Å². The Bertz CT molecular complexity index is 206. The number of hydrogen-bond acceptors (Lipinski definition) is 2. The van der Waals surface area contributed by atoms with Crippen LogP contribution in [0.5, 0.6) is 0 Å². The number of aromatic amines is 1. The summed E-state index contributed by atoms with van der Waals surface area (Å²) in [5.41, 5.74) is 1.55. The first-order valence-corrected chi connectivity index (χ1v) is 2.51. The Morgan fingerprint density at radius 3 is 3.11 bits per heavy atom. The average molecular weight is 123 g/mol. The van der Waals surface area contributed by atoms with E-state index in [1.165, 1.54) is 0 Å². The maximum Gasteiger partial charge on any atom is 0.107 e. The Balaban J connectivity index is 0.000000810. The molecule has 0 aliphatic rings. The third-order valence-corrected chi connectivity index (χ3v) is 1.02. The molecule has 48 valence electrons. The Labute approximate surface area is 54.6 Å². The van der Waals surface area contributed by atoms with Crippen molar-refractivity contribution in [1.29, 1.82) is 0 Å². The fourth-order valence-corrected chi connectivity index (χ4v) is 0.566. The molecule has 1 aromatic heterocycles. The predicted molar refractivity (Wildman–Crippen MR) is 40.0 cm³/mol. The van der Waals surface area contributed by atoms with Gasteiger partial charge in [0.25, 0.3) is 0 Å². The van der Waals surface area contributed by atoms with E-state index in [4.69, 9.17) is 0 Å². The van der Waals surface area contributed by atoms with Crippen molar-refractivity contribution in [3.05, 3.63) is 18.5 Å². The molecule has 1 rings (SSSR count). The van der Waals surface area contributed by atoms with Crippen molar-refractivity contribution in [1.82, 2.24) is 10.2 Å². The molecule has 3 nitrogen and oxygen atoms in total. The molecule has 3 heteroatoms. The predicted octanol–water partition coefficient (Wildman–Crippen LogP) is 1.63. The van der Waals surface area contributed by atoms with Crippen LogP contribution in [0.2, 0.25) is 0 Å². The lowest BCUT2D eigenvalue weighted by Gasteiger charge is -1.83. The lowest BCUT2D eigenvalue weighted by molar-refractivity contribution is 1.08. The van der Waals surface area contributed by atoms with E-state index in [-0.39, 0.29) is 1.43 Å². The van der Waals surface area contributed by atoms with Crippen molar-refractivity contribution in [3.8, 4) is 0 Å². The molecule has 0 saturated carbocycles. The third kappa shape index (κ3) is 0.887. The first-order valence-electron chi connectivity index (χ1n) is 2.51. The number of nitrogens with zero attached hydrogens (tertiary/aromatic N) is 2. The van der Waals surface area contributed by atoms with Crippen LogP contribution in [0.4, 0.5) is 5.69 Å². The molecule has 0 spiro atoms. The molecule has 9 heavy (non-hydrogen) atoms. The van der Waals surface area contributed by atoms with Gasteiger partial charge in [-0.25, -0.2) is 0 Å². The van der Waals surface area contributed by atoms with E-state index in [0.717, 1.165) is 11.4 Å². The zero-order valence-electron chi connectivity index (χ0n) is 4.96. The number of nitrogens with one attached hydrogen (secondary N) is 1. The van der Waals surface area contributed by atoms with E-state index in [1.54, 1.807) is 12.3 Å². The van der Waals surface area contributed by atoms with Gasteiger partial charge in [-0.2, -0.15) is 5.10 Å². The van der Waals surface area contributed by atoms with Gasteiger partial charge in [-0.15, -0.1) is 0 Å². The largest absolute Gasteiger partial charge is 0.276 e. The summed E-state index contributed by atoms with van der Waals surface area (Å²) in [5, 5.41) is 6.44. The first-order chi connectivity index (χ1) is 4.38. The quantitative estimate of drug-likeness (QED) is 0.596. The van der Waals surface area contributed by atoms with Crippen molar-refractivity contribution >= 4 is 18.5 Å². The van der Waals surface area contributed by atoms with Gasteiger partial charge in [0.15, 0.2) is 0 Å². The van der Waals surface area contributed by atoms with Crippen LogP contribution in [0.3, 0.4) is 0 Å². The minimum Gasteiger partial charge on any atom is -0.276 e. The molecule has 1 heterocycles. The van der Waals surface area contributed by atoms with Gasteiger partial charge in [0, 0.05) is 1.43 Å². The molecule has 0 aliphatic heterocycles. The second-order valence-corrected chi connectivity index (χ2v) is 1.53. The molecule has 0 bridgehead atoms. The fourth-order valence-electron chi connectivity index (χ4n) is 0.566. The number of H-pyrrole nitrogens is 1. The molecule has 0 fully saturated rings. The molecule has 0 saturated heterocycles. The number of aromatic nitrogens is 2. The summed E-state index contributed by atoms with van der Waals surface area (Å²) in [4.78, 5) is 3.69. The topological polar surface area (TPSA) is 41.0 Å². The van der Waals surface area contributed by atoms with Crippen LogP contribution in [-0.2, 0) is 0 Å². The summed E-state index contributed by atoms with van der Waals surface area (Å²) >= 11 is 0. The SMILES string of the molecule is C=Cc1[nH]ncc1N=C.[HH]. The highest BCUT2D eigenvalue weighted by Gasteiger charge is 1.94. The van der Waals surface area contributed by atoms with Crippen molar-refractivity contribution in [3.63, 3.8) is 0 Å². The molecule has 0 aliphatic carbocycles. The maximum absolute atomic E-state index is 3.73. The van der Waals surface area contributed by atoms with Gasteiger partial charge in [-0.1, -0.05) is 6.58 Å². The van der Waals surface area contributed by atoms with Gasteiger partial charge in [0.05, 0.1) is 11.9 Å². The molecule has 0 atom stereocenters. The van der Waals surface area contributed by atoms with E-state index < -0.39 is 0 Å². The van der Waals surface area contributed by atoms with E-state index in [9.17, 15) is 0 Å². The van der Waals surface area contributed by atoms with Crippen molar-refractivity contribution < 1.29 is 1.43 Å². The van der Waals surface area contributed by atoms with Crippen LogP contribution in [0.25, 0.3) is 6.08 Å².